The summed E-state index contributed by atoms with van der Waals surface area (Å²) in [6.07, 6.45) is 1.55. The number of piperidine rings is 1. The number of thiophene rings is 1. The van der Waals surface area contributed by atoms with Gasteiger partial charge in [-0.15, -0.1) is 11.3 Å². The van der Waals surface area contributed by atoms with Crippen LogP contribution < -0.4 is 4.74 Å². The van der Waals surface area contributed by atoms with E-state index in [1.165, 1.54) is 11.3 Å². The van der Waals surface area contributed by atoms with Crippen molar-refractivity contribution in [2.45, 2.75) is 25.8 Å². The largest absolute Gasteiger partial charge is 0.494 e. The highest BCUT2D eigenvalue weighted by Gasteiger charge is 2.33. The van der Waals surface area contributed by atoms with Crippen molar-refractivity contribution in [3.63, 3.8) is 0 Å². The molecule has 2 atom stereocenters. The van der Waals surface area contributed by atoms with E-state index in [4.69, 9.17) is 27.9 Å². The quantitative estimate of drug-likeness (QED) is 0.693. The topological polar surface area (TPSA) is 49.8 Å². The molecule has 0 radical (unpaired) electrons. The first-order valence-electron chi connectivity index (χ1n) is 8.64. The molecule has 1 N–H and O–H groups in total. The fourth-order valence-electron chi connectivity index (χ4n) is 3.47. The zero-order valence-electron chi connectivity index (χ0n) is 14.5. The standard InChI is InChI=1S/C19H21Cl2NO3S/c1-2-25-15-6-5-13(20)10-14(15)18(16-7-8-17(21)26-16)22-9-3-4-12(11-22)19(23)24/h5-8,10,12,18H,2-4,9,11H2,1H3,(H,23,24). The Labute approximate surface area is 167 Å². The lowest BCUT2D eigenvalue weighted by molar-refractivity contribution is -0.143. The molecule has 1 aromatic heterocycles. The Balaban J connectivity index is 2.05. The monoisotopic (exact) mass is 413 g/mol. The maximum atomic E-state index is 11.5. The van der Waals surface area contributed by atoms with Crippen molar-refractivity contribution < 1.29 is 14.6 Å². The molecule has 0 spiro atoms. The smallest absolute Gasteiger partial charge is 0.307 e. The Hall–Kier alpha value is -1.27. The summed E-state index contributed by atoms with van der Waals surface area (Å²) in [7, 11) is 0. The molecule has 0 bridgehead atoms. The van der Waals surface area contributed by atoms with Crippen molar-refractivity contribution in [1.82, 2.24) is 4.90 Å². The van der Waals surface area contributed by atoms with Crippen molar-refractivity contribution >= 4 is 40.5 Å². The summed E-state index contributed by atoms with van der Waals surface area (Å²) >= 11 is 14.0. The first-order valence-corrected chi connectivity index (χ1v) is 10.2. The van der Waals surface area contributed by atoms with Gasteiger partial charge in [0.2, 0.25) is 0 Å². The fourth-order valence-corrected chi connectivity index (χ4v) is 4.86. The van der Waals surface area contributed by atoms with E-state index in [-0.39, 0.29) is 12.0 Å². The highest BCUT2D eigenvalue weighted by Crippen LogP contribution is 2.41. The zero-order chi connectivity index (χ0) is 18.7. The van der Waals surface area contributed by atoms with E-state index in [0.29, 0.717) is 28.9 Å². The maximum absolute atomic E-state index is 11.5. The van der Waals surface area contributed by atoms with E-state index >= 15 is 0 Å². The highest BCUT2D eigenvalue weighted by atomic mass is 35.5. The van der Waals surface area contributed by atoms with Crippen molar-refractivity contribution in [2.24, 2.45) is 5.92 Å². The van der Waals surface area contributed by atoms with Gasteiger partial charge in [0.25, 0.3) is 0 Å². The van der Waals surface area contributed by atoms with Crippen LogP contribution in [0.15, 0.2) is 30.3 Å². The van der Waals surface area contributed by atoms with Gasteiger partial charge in [0.1, 0.15) is 5.75 Å². The first-order chi connectivity index (χ1) is 12.5. The number of carboxylic acid groups (broad SMARTS) is 1. The average Bonchev–Trinajstić information content (AvgIpc) is 3.04. The zero-order valence-corrected chi connectivity index (χ0v) is 16.8. The summed E-state index contributed by atoms with van der Waals surface area (Å²) in [5.74, 6) is -0.339. The lowest BCUT2D eigenvalue weighted by Crippen LogP contribution is -2.41. The minimum atomic E-state index is -0.742. The van der Waals surface area contributed by atoms with E-state index in [1.54, 1.807) is 0 Å². The molecule has 2 unspecified atom stereocenters. The van der Waals surface area contributed by atoms with Crippen LogP contribution in [0.3, 0.4) is 0 Å². The van der Waals surface area contributed by atoms with Gasteiger partial charge in [0.05, 0.1) is 22.9 Å². The summed E-state index contributed by atoms with van der Waals surface area (Å²) < 4.78 is 6.54. The van der Waals surface area contributed by atoms with Gasteiger partial charge in [0, 0.05) is 22.0 Å². The number of carbonyl (C=O) groups is 1. The number of carboxylic acids is 1. The molecule has 26 heavy (non-hydrogen) atoms. The number of ether oxygens (including phenoxy) is 1. The molecule has 2 heterocycles. The molecule has 1 saturated heterocycles. The molecule has 140 valence electrons. The van der Waals surface area contributed by atoms with E-state index < -0.39 is 5.97 Å². The van der Waals surface area contributed by atoms with Crippen molar-refractivity contribution in [2.75, 3.05) is 19.7 Å². The average molecular weight is 414 g/mol. The molecular weight excluding hydrogens is 393 g/mol. The number of rotatable bonds is 6. The Kier molecular flexibility index (Phi) is 6.46. The van der Waals surface area contributed by atoms with Crippen molar-refractivity contribution in [3.05, 3.63) is 50.1 Å². The Morgan fingerprint density at radius 2 is 2.19 bits per heavy atom. The number of nitrogens with zero attached hydrogens (tertiary/aromatic N) is 1. The SMILES string of the molecule is CCOc1ccc(Cl)cc1C(c1ccc(Cl)s1)N1CCCC(C(=O)O)C1. The summed E-state index contributed by atoms with van der Waals surface area (Å²) in [6.45, 7) is 3.80. The number of hydrogen-bond acceptors (Lipinski definition) is 4. The Morgan fingerprint density at radius 1 is 1.38 bits per heavy atom. The van der Waals surface area contributed by atoms with Crippen LogP contribution >= 0.6 is 34.5 Å². The molecule has 7 heteroatoms. The van der Waals surface area contributed by atoms with Gasteiger partial charge in [-0.1, -0.05) is 23.2 Å². The minimum Gasteiger partial charge on any atom is -0.494 e. The second-order valence-corrected chi connectivity index (χ2v) is 8.51. The van der Waals surface area contributed by atoms with E-state index in [1.807, 2.05) is 37.3 Å². The van der Waals surface area contributed by atoms with Crippen LogP contribution in [-0.2, 0) is 4.79 Å². The minimum absolute atomic E-state index is 0.130. The summed E-state index contributed by atoms with van der Waals surface area (Å²) in [4.78, 5) is 14.8. The van der Waals surface area contributed by atoms with Gasteiger partial charge in [-0.3, -0.25) is 9.69 Å². The molecular formula is C19H21Cl2NO3S. The molecule has 2 aromatic rings. The predicted octanol–water partition coefficient (Wildman–Crippen LogP) is 5.34. The van der Waals surface area contributed by atoms with Gasteiger partial charge < -0.3 is 9.84 Å². The van der Waals surface area contributed by atoms with E-state index in [9.17, 15) is 9.90 Å². The van der Waals surface area contributed by atoms with Gasteiger partial charge >= 0.3 is 5.97 Å². The van der Waals surface area contributed by atoms with Crippen LogP contribution in [0.25, 0.3) is 0 Å². The third kappa shape index (κ3) is 4.34. The number of halogens is 2. The molecule has 1 aliphatic rings. The van der Waals surface area contributed by atoms with Crippen LogP contribution in [0.5, 0.6) is 5.75 Å². The molecule has 1 aromatic carbocycles. The molecule has 3 rings (SSSR count). The molecule has 1 fully saturated rings. The summed E-state index contributed by atoms with van der Waals surface area (Å²) in [6, 6.07) is 9.34. The molecule has 1 aliphatic heterocycles. The molecule has 0 aliphatic carbocycles. The summed E-state index contributed by atoms with van der Waals surface area (Å²) in [5.41, 5.74) is 0.948. The Morgan fingerprint density at radius 3 is 2.85 bits per heavy atom. The molecule has 4 nitrogen and oxygen atoms in total. The Bertz CT molecular complexity index is 780. The molecule has 0 amide bonds. The van der Waals surface area contributed by atoms with Gasteiger partial charge in [-0.05, 0) is 56.6 Å². The van der Waals surface area contributed by atoms with Crippen molar-refractivity contribution in [1.29, 1.82) is 0 Å². The van der Waals surface area contributed by atoms with Crippen LogP contribution in [0, 0.1) is 5.92 Å². The third-order valence-corrected chi connectivity index (χ3v) is 6.12. The second-order valence-electron chi connectivity index (χ2n) is 6.33. The van der Waals surface area contributed by atoms with Gasteiger partial charge in [0.15, 0.2) is 0 Å². The number of benzene rings is 1. The normalized spacial score (nSPS) is 19.3. The third-order valence-electron chi connectivity index (χ3n) is 4.60. The van der Waals surface area contributed by atoms with Crippen LogP contribution in [0.4, 0.5) is 0 Å². The highest BCUT2D eigenvalue weighted by molar-refractivity contribution is 7.16. The van der Waals surface area contributed by atoms with Gasteiger partial charge in [-0.25, -0.2) is 0 Å². The number of aliphatic carboxylic acids is 1. The second kappa shape index (κ2) is 8.61. The van der Waals surface area contributed by atoms with Crippen LogP contribution in [-0.4, -0.2) is 35.7 Å². The van der Waals surface area contributed by atoms with Crippen molar-refractivity contribution in [3.8, 4) is 5.75 Å². The summed E-state index contributed by atoms with van der Waals surface area (Å²) in [5, 5.41) is 10.1. The fraction of sp³-hybridized carbons (Fsp3) is 0.421. The molecule has 0 saturated carbocycles. The van der Waals surface area contributed by atoms with E-state index in [2.05, 4.69) is 4.90 Å². The first kappa shape index (κ1) is 19.5. The lowest BCUT2D eigenvalue weighted by Gasteiger charge is -2.37. The lowest BCUT2D eigenvalue weighted by atomic mass is 9.94. The number of hydrogen-bond donors (Lipinski definition) is 1. The van der Waals surface area contributed by atoms with Crippen LogP contribution in [0.2, 0.25) is 9.36 Å². The number of likely N-dealkylation sites (tertiary alicyclic amines) is 1. The van der Waals surface area contributed by atoms with Gasteiger partial charge in [-0.2, -0.15) is 0 Å². The van der Waals surface area contributed by atoms with Crippen LogP contribution in [0.1, 0.15) is 36.2 Å². The maximum Gasteiger partial charge on any atom is 0.307 e. The van der Waals surface area contributed by atoms with E-state index in [0.717, 1.165) is 29.2 Å². The predicted molar refractivity (Wildman–Crippen MR) is 106 cm³/mol.